The van der Waals surface area contributed by atoms with Crippen LogP contribution in [0.3, 0.4) is 0 Å². The summed E-state index contributed by atoms with van der Waals surface area (Å²) in [6.07, 6.45) is 0. The van der Waals surface area contributed by atoms with Gasteiger partial charge in [0.05, 0.1) is 5.25 Å². The number of carbonyl (C=O) groups excluding carboxylic acids is 1. The molecule has 0 radical (unpaired) electrons. The highest BCUT2D eigenvalue weighted by Gasteiger charge is 2.18. The Morgan fingerprint density at radius 2 is 2.05 bits per heavy atom. The van der Waals surface area contributed by atoms with E-state index in [1.54, 1.807) is 11.7 Å². The summed E-state index contributed by atoms with van der Waals surface area (Å²) in [5, 5.41) is 14.5. The van der Waals surface area contributed by atoms with Crippen molar-refractivity contribution >= 4 is 17.7 Å². The Morgan fingerprint density at radius 3 is 2.67 bits per heavy atom. The molecule has 2 atom stereocenters. The smallest absolute Gasteiger partial charge is 0.233 e. The minimum absolute atomic E-state index is 0.00854. The van der Waals surface area contributed by atoms with Gasteiger partial charge >= 0.3 is 0 Å². The number of thioether (sulfide) groups is 1. The maximum Gasteiger partial charge on any atom is 0.233 e. The monoisotopic (exact) mass is 305 g/mol. The summed E-state index contributed by atoms with van der Waals surface area (Å²) in [5.41, 5.74) is 1.22. The zero-order valence-electron chi connectivity index (χ0n) is 12.4. The number of aromatic nitrogens is 4. The van der Waals surface area contributed by atoms with E-state index in [2.05, 4.69) is 39.9 Å². The van der Waals surface area contributed by atoms with Gasteiger partial charge in [-0.2, -0.15) is 0 Å². The molecule has 1 N–H and O–H groups in total. The van der Waals surface area contributed by atoms with Gasteiger partial charge in [-0.05, 0) is 28.8 Å². The van der Waals surface area contributed by atoms with Gasteiger partial charge in [0, 0.05) is 13.6 Å². The Kier molecular flexibility index (Phi) is 5.32. The van der Waals surface area contributed by atoms with E-state index in [9.17, 15) is 4.79 Å². The fourth-order valence-electron chi connectivity index (χ4n) is 1.83. The summed E-state index contributed by atoms with van der Waals surface area (Å²) >= 11 is 1.35. The van der Waals surface area contributed by atoms with Crippen LogP contribution < -0.4 is 5.32 Å². The van der Waals surface area contributed by atoms with Crippen molar-refractivity contribution in [2.75, 3.05) is 6.54 Å². The summed E-state index contributed by atoms with van der Waals surface area (Å²) in [6.45, 7) is 4.56. The van der Waals surface area contributed by atoms with Gasteiger partial charge in [-0.3, -0.25) is 4.79 Å². The Hall–Kier alpha value is -1.89. The van der Waals surface area contributed by atoms with E-state index in [0.29, 0.717) is 11.7 Å². The second kappa shape index (κ2) is 7.21. The SMILES string of the molecule is C[C@@H](Sc1nnnn1C)C(=O)NC[C@H](C)c1ccccc1. The molecule has 7 heteroatoms. The quantitative estimate of drug-likeness (QED) is 0.821. The lowest BCUT2D eigenvalue weighted by molar-refractivity contribution is -0.120. The van der Waals surface area contributed by atoms with E-state index >= 15 is 0 Å². The highest BCUT2D eigenvalue weighted by Crippen LogP contribution is 2.19. The number of carbonyl (C=O) groups is 1. The second-order valence-corrected chi connectivity index (χ2v) is 6.21. The van der Waals surface area contributed by atoms with Crippen molar-refractivity contribution in [2.45, 2.75) is 30.2 Å². The molecular formula is C14H19N5OS. The normalized spacial score (nSPS) is 13.7. The predicted molar refractivity (Wildman–Crippen MR) is 82.0 cm³/mol. The fourth-order valence-corrected chi connectivity index (χ4v) is 2.61. The number of benzene rings is 1. The standard InChI is InChI=1S/C14H19N5OS/c1-10(12-7-5-4-6-8-12)9-15-13(20)11(2)21-14-16-17-18-19(14)3/h4-8,10-11H,9H2,1-3H3,(H,15,20)/t10-,11+/m0/s1. The third-order valence-corrected chi connectivity index (χ3v) is 4.31. The van der Waals surface area contributed by atoms with E-state index in [0.717, 1.165) is 0 Å². The minimum Gasteiger partial charge on any atom is -0.355 e. The Morgan fingerprint density at radius 1 is 1.33 bits per heavy atom. The second-order valence-electron chi connectivity index (χ2n) is 4.90. The lowest BCUT2D eigenvalue weighted by Gasteiger charge is -2.15. The van der Waals surface area contributed by atoms with Crippen molar-refractivity contribution in [3.05, 3.63) is 35.9 Å². The van der Waals surface area contributed by atoms with Crippen LogP contribution in [0.2, 0.25) is 0 Å². The molecule has 1 heterocycles. The Bertz CT molecular complexity index is 586. The first kappa shape index (κ1) is 15.5. The molecule has 1 amide bonds. The van der Waals surface area contributed by atoms with Crippen LogP contribution in [-0.2, 0) is 11.8 Å². The topological polar surface area (TPSA) is 72.7 Å². The molecule has 1 aromatic carbocycles. The summed E-state index contributed by atoms with van der Waals surface area (Å²) in [5.74, 6) is 0.273. The molecule has 2 rings (SSSR count). The van der Waals surface area contributed by atoms with E-state index in [1.165, 1.54) is 17.3 Å². The zero-order valence-corrected chi connectivity index (χ0v) is 13.2. The molecule has 0 saturated heterocycles. The van der Waals surface area contributed by atoms with E-state index in [4.69, 9.17) is 0 Å². The van der Waals surface area contributed by atoms with Crippen molar-refractivity contribution in [1.82, 2.24) is 25.5 Å². The van der Waals surface area contributed by atoms with Gasteiger partial charge in [0.2, 0.25) is 11.1 Å². The van der Waals surface area contributed by atoms with E-state index in [1.807, 2.05) is 25.1 Å². The third kappa shape index (κ3) is 4.29. The largest absolute Gasteiger partial charge is 0.355 e. The van der Waals surface area contributed by atoms with Crippen LogP contribution in [-0.4, -0.2) is 37.9 Å². The molecule has 21 heavy (non-hydrogen) atoms. The molecule has 0 saturated carbocycles. The van der Waals surface area contributed by atoms with Crippen LogP contribution in [0.25, 0.3) is 0 Å². The summed E-state index contributed by atoms with van der Waals surface area (Å²) < 4.78 is 1.56. The van der Waals surface area contributed by atoms with Gasteiger partial charge in [0.1, 0.15) is 0 Å². The van der Waals surface area contributed by atoms with Gasteiger partial charge in [-0.15, -0.1) is 5.10 Å². The van der Waals surface area contributed by atoms with Crippen molar-refractivity contribution in [3.63, 3.8) is 0 Å². The molecule has 0 aliphatic rings. The molecule has 0 aliphatic carbocycles. The van der Waals surface area contributed by atoms with Gasteiger partial charge in [0.15, 0.2) is 0 Å². The average molecular weight is 305 g/mol. The van der Waals surface area contributed by atoms with Gasteiger partial charge < -0.3 is 5.32 Å². The first-order valence-corrected chi connectivity index (χ1v) is 7.67. The van der Waals surface area contributed by atoms with E-state index < -0.39 is 0 Å². The molecule has 2 aromatic rings. The zero-order chi connectivity index (χ0) is 15.2. The third-order valence-electron chi connectivity index (χ3n) is 3.18. The predicted octanol–water partition coefficient (Wildman–Crippen LogP) is 1.61. The summed E-state index contributed by atoms with van der Waals surface area (Å²) in [6, 6.07) is 10.1. The van der Waals surface area contributed by atoms with Crippen LogP contribution in [0, 0.1) is 0 Å². The molecule has 1 aromatic heterocycles. The van der Waals surface area contributed by atoms with Gasteiger partial charge in [-0.1, -0.05) is 49.0 Å². The van der Waals surface area contributed by atoms with Crippen molar-refractivity contribution in [3.8, 4) is 0 Å². The number of tetrazole rings is 1. The van der Waals surface area contributed by atoms with Crippen LogP contribution in [0.1, 0.15) is 25.3 Å². The first-order valence-electron chi connectivity index (χ1n) is 6.79. The van der Waals surface area contributed by atoms with Gasteiger partial charge in [-0.25, -0.2) is 4.68 Å². The maximum absolute atomic E-state index is 12.1. The maximum atomic E-state index is 12.1. The van der Waals surface area contributed by atoms with Crippen molar-refractivity contribution < 1.29 is 4.79 Å². The highest BCUT2D eigenvalue weighted by atomic mass is 32.2. The molecule has 6 nitrogen and oxygen atoms in total. The molecule has 0 aliphatic heterocycles. The first-order chi connectivity index (χ1) is 10.1. The number of nitrogens with one attached hydrogen (secondary N) is 1. The van der Waals surface area contributed by atoms with Gasteiger partial charge in [0.25, 0.3) is 0 Å². The molecule has 0 unspecified atom stereocenters. The number of aryl methyl sites for hydroxylation is 1. The highest BCUT2D eigenvalue weighted by molar-refractivity contribution is 8.00. The minimum atomic E-state index is -0.238. The van der Waals surface area contributed by atoms with Crippen LogP contribution in [0.4, 0.5) is 0 Å². The van der Waals surface area contributed by atoms with Crippen molar-refractivity contribution in [2.24, 2.45) is 7.05 Å². The lowest BCUT2D eigenvalue weighted by atomic mass is 10.0. The summed E-state index contributed by atoms with van der Waals surface area (Å²) in [7, 11) is 1.75. The number of nitrogens with zero attached hydrogens (tertiary/aromatic N) is 4. The van der Waals surface area contributed by atoms with E-state index in [-0.39, 0.29) is 17.1 Å². The number of rotatable bonds is 6. The number of amides is 1. The fraction of sp³-hybridized carbons (Fsp3) is 0.429. The molecular weight excluding hydrogens is 286 g/mol. The van der Waals surface area contributed by atoms with Crippen LogP contribution in [0.15, 0.2) is 35.5 Å². The van der Waals surface area contributed by atoms with Crippen LogP contribution >= 0.6 is 11.8 Å². The van der Waals surface area contributed by atoms with Crippen molar-refractivity contribution in [1.29, 1.82) is 0 Å². The molecule has 112 valence electrons. The number of hydrogen-bond donors (Lipinski definition) is 1. The number of hydrogen-bond acceptors (Lipinski definition) is 5. The molecule has 0 bridgehead atoms. The summed E-state index contributed by atoms with van der Waals surface area (Å²) in [4.78, 5) is 12.1. The Balaban J connectivity index is 1.83. The lowest BCUT2D eigenvalue weighted by Crippen LogP contribution is -2.33. The average Bonchev–Trinajstić information content (AvgIpc) is 2.90. The Labute approximate surface area is 128 Å². The van der Waals surface area contributed by atoms with Crippen LogP contribution in [0.5, 0.6) is 0 Å². The molecule has 0 spiro atoms. The molecule has 0 fully saturated rings.